The first-order chi connectivity index (χ1) is 6.97. The predicted octanol–water partition coefficient (Wildman–Crippen LogP) is 2.61. The molecule has 0 amide bonds. The van der Waals surface area contributed by atoms with Crippen molar-refractivity contribution in [1.29, 1.82) is 5.26 Å². The molecule has 1 heterocycles. The summed E-state index contributed by atoms with van der Waals surface area (Å²) < 4.78 is 6.66. The van der Waals surface area contributed by atoms with E-state index >= 15 is 0 Å². The first kappa shape index (κ1) is 11.9. The van der Waals surface area contributed by atoms with Crippen LogP contribution in [0.25, 0.3) is 10.9 Å². The van der Waals surface area contributed by atoms with Crippen molar-refractivity contribution in [1.82, 2.24) is 0 Å². The second-order valence-electron chi connectivity index (χ2n) is 4.21. The van der Waals surface area contributed by atoms with Crippen molar-refractivity contribution in [2.45, 2.75) is 14.8 Å². The van der Waals surface area contributed by atoms with Crippen LogP contribution in [0.5, 0.6) is 0 Å². The maximum atomic E-state index is 8.59. The Bertz CT molecular complexity index is 450. The Morgan fingerprint density at radius 3 is 2.60 bits per heavy atom. The van der Waals surface area contributed by atoms with Crippen LogP contribution in [0.4, 0.5) is 0 Å². The van der Waals surface area contributed by atoms with Gasteiger partial charge in [0.15, 0.2) is 0 Å². The number of nitriles is 1. The Kier molecular flexibility index (Phi) is 3.60. The van der Waals surface area contributed by atoms with E-state index in [9.17, 15) is 0 Å². The SMILES string of the molecule is [C-]#[N+]/C(C#N)=C/c1cc[c]([Sn]([CH3])([CH3])[CH3])o1. The van der Waals surface area contributed by atoms with Crippen LogP contribution < -0.4 is 3.78 Å². The molecule has 4 heteroatoms. The monoisotopic (exact) mass is 308 g/mol. The summed E-state index contributed by atoms with van der Waals surface area (Å²) in [5.74, 6) is 0.601. The maximum absolute atomic E-state index is 8.59. The van der Waals surface area contributed by atoms with Crippen molar-refractivity contribution in [3.8, 4) is 6.07 Å². The Morgan fingerprint density at radius 2 is 2.20 bits per heavy atom. The topological polar surface area (TPSA) is 41.3 Å². The summed E-state index contributed by atoms with van der Waals surface area (Å²) in [4.78, 5) is 9.83. The van der Waals surface area contributed by atoms with Crippen LogP contribution in [0, 0.1) is 17.9 Å². The Labute approximate surface area is 93.7 Å². The summed E-state index contributed by atoms with van der Waals surface area (Å²) in [7, 11) is 0. The molecule has 0 spiro atoms. The van der Waals surface area contributed by atoms with E-state index in [0.717, 1.165) is 3.78 Å². The summed E-state index contributed by atoms with van der Waals surface area (Å²) in [6.45, 7) is 6.74. The molecule has 15 heavy (non-hydrogen) atoms. The van der Waals surface area contributed by atoms with E-state index in [0.29, 0.717) is 5.76 Å². The number of allylic oxidation sites excluding steroid dienone is 1. The van der Waals surface area contributed by atoms with E-state index in [-0.39, 0.29) is 5.70 Å². The molecule has 0 N–H and O–H groups in total. The summed E-state index contributed by atoms with van der Waals surface area (Å²) in [6.07, 6.45) is 1.48. The molecule has 0 aliphatic carbocycles. The van der Waals surface area contributed by atoms with Gasteiger partial charge in [-0.1, -0.05) is 0 Å². The fourth-order valence-corrected chi connectivity index (χ4v) is 3.93. The van der Waals surface area contributed by atoms with Crippen LogP contribution in [0.15, 0.2) is 22.2 Å². The van der Waals surface area contributed by atoms with E-state index in [1.165, 1.54) is 6.08 Å². The molecule has 0 saturated carbocycles. The van der Waals surface area contributed by atoms with Crippen LogP contribution in [0.2, 0.25) is 14.8 Å². The number of hydrogen-bond acceptors (Lipinski definition) is 2. The van der Waals surface area contributed by atoms with Gasteiger partial charge in [-0.15, -0.1) is 0 Å². The average Bonchev–Trinajstić information content (AvgIpc) is 2.61. The van der Waals surface area contributed by atoms with Crippen LogP contribution >= 0.6 is 0 Å². The second kappa shape index (κ2) is 4.55. The quantitative estimate of drug-likeness (QED) is 0.479. The van der Waals surface area contributed by atoms with Gasteiger partial charge < -0.3 is 0 Å². The van der Waals surface area contributed by atoms with Crippen molar-refractivity contribution in [2.75, 3.05) is 0 Å². The predicted molar refractivity (Wildman–Crippen MR) is 61.9 cm³/mol. The van der Waals surface area contributed by atoms with Crippen molar-refractivity contribution in [2.24, 2.45) is 0 Å². The summed E-state index contributed by atoms with van der Waals surface area (Å²) in [5, 5.41) is 8.59. The number of furan rings is 1. The second-order valence-corrected chi connectivity index (χ2v) is 18.5. The molecular formula is C11H12N2OSn. The van der Waals surface area contributed by atoms with Crippen molar-refractivity contribution in [3.05, 3.63) is 35.0 Å². The fourth-order valence-electron chi connectivity index (χ4n) is 1.06. The van der Waals surface area contributed by atoms with E-state index in [2.05, 4.69) is 19.7 Å². The zero-order valence-electron chi connectivity index (χ0n) is 9.03. The van der Waals surface area contributed by atoms with E-state index in [4.69, 9.17) is 16.3 Å². The molecule has 3 nitrogen and oxygen atoms in total. The Morgan fingerprint density at radius 1 is 1.53 bits per heavy atom. The van der Waals surface area contributed by atoms with Gasteiger partial charge in [-0.25, -0.2) is 0 Å². The molecule has 0 aliphatic heterocycles. The summed E-state index contributed by atoms with van der Waals surface area (Å²) in [5.41, 5.74) is 0.0556. The fraction of sp³-hybridized carbons (Fsp3) is 0.273. The molecule has 1 aromatic heterocycles. The van der Waals surface area contributed by atoms with Gasteiger partial charge in [0.25, 0.3) is 0 Å². The molecule has 0 unspecified atom stereocenters. The van der Waals surface area contributed by atoms with Gasteiger partial charge in [-0.05, 0) is 0 Å². The molecule has 0 fully saturated rings. The molecule has 0 aliphatic rings. The van der Waals surface area contributed by atoms with Crippen molar-refractivity contribution >= 4 is 28.2 Å². The molecule has 76 valence electrons. The Hall–Kier alpha value is -1.20. The van der Waals surface area contributed by atoms with Gasteiger partial charge in [0.1, 0.15) is 0 Å². The first-order valence-corrected chi connectivity index (χ1v) is 14.6. The van der Waals surface area contributed by atoms with Gasteiger partial charge in [0.05, 0.1) is 0 Å². The molecule has 0 radical (unpaired) electrons. The molecule has 1 rings (SSSR count). The van der Waals surface area contributed by atoms with Crippen LogP contribution in [0.1, 0.15) is 5.76 Å². The molecular weight excluding hydrogens is 295 g/mol. The number of hydrogen-bond donors (Lipinski definition) is 0. The average molecular weight is 307 g/mol. The van der Waals surface area contributed by atoms with Crippen LogP contribution in [-0.4, -0.2) is 18.4 Å². The third-order valence-electron chi connectivity index (χ3n) is 1.88. The van der Waals surface area contributed by atoms with Crippen LogP contribution in [-0.2, 0) is 0 Å². The summed E-state index contributed by atoms with van der Waals surface area (Å²) >= 11 is -2.15. The van der Waals surface area contributed by atoms with Crippen molar-refractivity contribution < 1.29 is 4.42 Å². The van der Waals surface area contributed by atoms with Crippen LogP contribution in [0.3, 0.4) is 0 Å². The Balaban J connectivity index is 3.03. The minimum absolute atomic E-state index is 0.0556. The zero-order chi connectivity index (χ0) is 11.5. The van der Waals surface area contributed by atoms with Gasteiger partial charge in [-0.3, -0.25) is 0 Å². The van der Waals surface area contributed by atoms with E-state index in [1.54, 1.807) is 0 Å². The van der Waals surface area contributed by atoms with Crippen molar-refractivity contribution in [3.63, 3.8) is 0 Å². The standard InChI is InChI=1S/C8H3N2O.3CH3.Sn/c1-10-7(6-9)5-8-3-2-4-11-8;;;;/h2-3,5H;3*1H3;/b7-5+;;;;. The first-order valence-electron chi connectivity index (χ1n) is 4.57. The summed E-state index contributed by atoms with van der Waals surface area (Å²) in [6, 6.07) is 5.59. The number of rotatable bonds is 2. The van der Waals surface area contributed by atoms with E-state index in [1.807, 2.05) is 18.2 Å². The molecule has 0 saturated heterocycles. The number of nitrogens with zero attached hydrogens (tertiary/aromatic N) is 2. The molecule has 1 aromatic rings. The third-order valence-corrected chi connectivity index (χ3v) is 6.87. The normalized spacial score (nSPS) is 11.9. The molecule has 0 aromatic carbocycles. The molecule has 0 bridgehead atoms. The van der Waals surface area contributed by atoms with E-state index < -0.39 is 18.4 Å². The van der Waals surface area contributed by atoms with Gasteiger partial charge in [0.2, 0.25) is 0 Å². The minimum atomic E-state index is -2.15. The van der Waals surface area contributed by atoms with Gasteiger partial charge in [0, 0.05) is 0 Å². The molecule has 0 atom stereocenters. The third kappa shape index (κ3) is 3.14. The van der Waals surface area contributed by atoms with Gasteiger partial charge in [-0.2, -0.15) is 0 Å². The van der Waals surface area contributed by atoms with Gasteiger partial charge >= 0.3 is 93.8 Å². The zero-order valence-corrected chi connectivity index (χ0v) is 11.9.